The molecule has 0 radical (unpaired) electrons. The minimum Gasteiger partial charge on any atom is -0.355 e. The zero-order chi connectivity index (χ0) is 16.3. The summed E-state index contributed by atoms with van der Waals surface area (Å²) in [7, 11) is 1.71. The van der Waals surface area contributed by atoms with Crippen molar-refractivity contribution in [1.29, 1.82) is 0 Å². The number of nitrogens with one attached hydrogen (secondary N) is 1. The van der Waals surface area contributed by atoms with E-state index < -0.39 is 0 Å². The van der Waals surface area contributed by atoms with Gasteiger partial charge in [-0.25, -0.2) is 4.98 Å². The lowest BCUT2D eigenvalue weighted by Crippen LogP contribution is -2.27. The summed E-state index contributed by atoms with van der Waals surface area (Å²) in [5.74, 6) is 0.255. The lowest BCUT2D eigenvalue weighted by Gasteiger charge is -2.07. The summed E-state index contributed by atoms with van der Waals surface area (Å²) in [6.45, 7) is 6.73. The van der Waals surface area contributed by atoms with Crippen LogP contribution in [0.5, 0.6) is 0 Å². The van der Waals surface area contributed by atoms with Crippen LogP contribution in [-0.4, -0.2) is 27.8 Å². The van der Waals surface area contributed by atoms with Crippen LogP contribution in [0.2, 0.25) is 0 Å². The Morgan fingerprint density at radius 3 is 2.82 bits per heavy atom. The Labute approximate surface area is 138 Å². The number of thioether (sulfide) groups is 1. The zero-order valence-corrected chi connectivity index (χ0v) is 15.0. The maximum atomic E-state index is 12.5. The third-order valence-corrected chi connectivity index (χ3v) is 5.69. The fourth-order valence-corrected chi connectivity index (χ4v) is 3.94. The van der Waals surface area contributed by atoms with Crippen molar-refractivity contribution in [1.82, 2.24) is 14.9 Å². The summed E-state index contributed by atoms with van der Waals surface area (Å²) >= 11 is 2.83. The SMILES string of the molecule is CCCCNC(=O)CSc1nc2sc(C)c(C)c2c(=O)n1C. The van der Waals surface area contributed by atoms with Gasteiger partial charge in [0, 0.05) is 18.5 Å². The number of hydrogen-bond donors (Lipinski definition) is 1. The third kappa shape index (κ3) is 3.52. The Morgan fingerprint density at radius 1 is 1.41 bits per heavy atom. The van der Waals surface area contributed by atoms with Crippen molar-refractivity contribution in [2.45, 2.75) is 38.8 Å². The summed E-state index contributed by atoms with van der Waals surface area (Å²) in [5.41, 5.74) is 0.961. The molecule has 2 aromatic heterocycles. The Morgan fingerprint density at radius 2 is 2.14 bits per heavy atom. The second-order valence-corrected chi connectivity index (χ2v) is 7.36. The molecule has 22 heavy (non-hydrogen) atoms. The highest BCUT2D eigenvalue weighted by Gasteiger charge is 2.15. The average molecular weight is 339 g/mol. The van der Waals surface area contributed by atoms with Gasteiger partial charge >= 0.3 is 0 Å². The Bertz CT molecular complexity index is 749. The molecule has 0 aliphatic carbocycles. The van der Waals surface area contributed by atoms with Crippen LogP contribution in [0, 0.1) is 13.8 Å². The van der Waals surface area contributed by atoms with Gasteiger partial charge in [-0.1, -0.05) is 25.1 Å². The number of nitrogens with zero attached hydrogens (tertiary/aromatic N) is 2. The number of carbonyl (C=O) groups excluding carboxylic acids is 1. The van der Waals surface area contributed by atoms with E-state index >= 15 is 0 Å². The van der Waals surface area contributed by atoms with E-state index in [9.17, 15) is 9.59 Å². The molecule has 0 spiro atoms. The van der Waals surface area contributed by atoms with Crippen molar-refractivity contribution >= 4 is 39.2 Å². The van der Waals surface area contributed by atoms with Crippen molar-refractivity contribution in [2.75, 3.05) is 12.3 Å². The Hall–Kier alpha value is -1.34. The molecule has 1 N–H and O–H groups in total. The van der Waals surface area contributed by atoms with Crippen LogP contribution in [0.1, 0.15) is 30.2 Å². The first kappa shape index (κ1) is 17.0. The molecule has 0 saturated carbocycles. The van der Waals surface area contributed by atoms with Gasteiger partial charge in [-0.05, 0) is 25.8 Å². The number of hydrogen-bond acceptors (Lipinski definition) is 5. The maximum Gasteiger partial charge on any atom is 0.262 e. The van der Waals surface area contributed by atoms with E-state index in [0.717, 1.165) is 28.1 Å². The molecule has 0 fully saturated rings. The molecule has 2 aromatic rings. The van der Waals surface area contributed by atoms with Gasteiger partial charge in [0.15, 0.2) is 5.16 Å². The van der Waals surface area contributed by atoms with Crippen molar-refractivity contribution in [3.8, 4) is 0 Å². The largest absolute Gasteiger partial charge is 0.355 e. The van der Waals surface area contributed by atoms with E-state index in [1.165, 1.54) is 27.7 Å². The van der Waals surface area contributed by atoms with Crippen molar-refractivity contribution in [3.05, 3.63) is 20.8 Å². The monoisotopic (exact) mass is 339 g/mol. The van der Waals surface area contributed by atoms with Gasteiger partial charge in [0.25, 0.3) is 5.56 Å². The van der Waals surface area contributed by atoms with Crippen LogP contribution in [0.3, 0.4) is 0 Å². The molecule has 0 unspecified atom stereocenters. The number of aryl methyl sites for hydroxylation is 2. The molecule has 0 aliphatic heterocycles. The molecule has 7 heteroatoms. The highest BCUT2D eigenvalue weighted by molar-refractivity contribution is 7.99. The number of aromatic nitrogens is 2. The minimum absolute atomic E-state index is 0.0219. The predicted molar refractivity (Wildman–Crippen MR) is 93.0 cm³/mol. The van der Waals surface area contributed by atoms with Gasteiger partial charge in [-0.2, -0.15) is 0 Å². The summed E-state index contributed by atoms with van der Waals surface area (Å²) in [6, 6.07) is 0. The van der Waals surface area contributed by atoms with Crippen molar-refractivity contribution < 1.29 is 4.79 Å². The molecular formula is C15H21N3O2S2. The molecule has 0 saturated heterocycles. The fraction of sp³-hybridized carbons (Fsp3) is 0.533. The van der Waals surface area contributed by atoms with Crippen molar-refractivity contribution in [3.63, 3.8) is 0 Å². The Balaban J connectivity index is 2.17. The molecule has 1 amide bonds. The molecule has 120 valence electrons. The molecule has 2 rings (SSSR count). The number of unbranched alkanes of at least 4 members (excludes halogenated alkanes) is 1. The van der Waals surface area contributed by atoms with E-state index in [1.807, 2.05) is 13.8 Å². The number of rotatable bonds is 6. The molecule has 0 bridgehead atoms. The van der Waals surface area contributed by atoms with Gasteiger partial charge in [0.1, 0.15) is 4.83 Å². The third-order valence-electron chi connectivity index (χ3n) is 3.55. The molecule has 0 atom stereocenters. The summed E-state index contributed by atoms with van der Waals surface area (Å²) < 4.78 is 1.53. The lowest BCUT2D eigenvalue weighted by atomic mass is 10.2. The topological polar surface area (TPSA) is 64.0 Å². The van der Waals surface area contributed by atoms with Crippen LogP contribution in [0.25, 0.3) is 10.2 Å². The van der Waals surface area contributed by atoms with Crippen LogP contribution in [-0.2, 0) is 11.8 Å². The van der Waals surface area contributed by atoms with Crippen LogP contribution in [0.15, 0.2) is 9.95 Å². The Kier molecular flexibility index (Phi) is 5.63. The van der Waals surface area contributed by atoms with Gasteiger partial charge in [-0.3, -0.25) is 14.2 Å². The normalized spacial score (nSPS) is 11.1. The number of fused-ring (bicyclic) bond motifs is 1. The second kappa shape index (κ2) is 7.28. The second-order valence-electron chi connectivity index (χ2n) is 5.21. The van der Waals surface area contributed by atoms with Crippen LogP contribution >= 0.6 is 23.1 Å². The first-order valence-electron chi connectivity index (χ1n) is 7.32. The zero-order valence-electron chi connectivity index (χ0n) is 13.4. The van der Waals surface area contributed by atoms with E-state index in [-0.39, 0.29) is 17.2 Å². The molecule has 0 aromatic carbocycles. The highest BCUT2D eigenvalue weighted by atomic mass is 32.2. The quantitative estimate of drug-likeness (QED) is 0.499. The number of thiophene rings is 1. The maximum absolute atomic E-state index is 12.5. The van der Waals surface area contributed by atoms with Gasteiger partial charge in [0.05, 0.1) is 11.1 Å². The lowest BCUT2D eigenvalue weighted by molar-refractivity contribution is -0.118. The molecule has 2 heterocycles. The molecule has 5 nitrogen and oxygen atoms in total. The highest BCUT2D eigenvalue weighted by Crippen LogP contribution is 2.27. The van der Waals surface area contributed by atoms with Gasteiger partial charge in [0.2, 0.25) is 5.91 Å². The van der Waals surface area contributed by atoms with Crippen LogP contribution < -0.4 is 10.9 Å². The fourth-order valence-electron chi connectivity index (χ4n) is 2.07. The van der Waals surface area contributed by atoms with E-state index in [1.54, 1.807) is 7.05 Å². The minimum atomic E-state index is -0.0410. The summed E-state index contributed by atoms with van der Waals surface area (Å²) in [6.07, 6.45) is 2.03. The molecule has 0 aliphatic rings. The molecular weight excluding hydrogens is 318 g/mol. The first-order chi connectivity index (χ1) is 10.5. The van der Waals surface area contributed by atoms with Gasteiger partial charge in [-0.15, -0.1) is 11.3 Å². The van der Waals surface area contributed by atoms with E-state index in [4.69, 9.17) is 0 Å². The standard InChI is InChI=1S/C15H21N3O2S2/c1-5-6-7-16-11(19)8-21-15-17-13-12(14(20)18(15)4)9(2)10(3)22-13/h5-8H2,1-4H3,(H,16,19). The van der Waals surface area contributed by atoms with Gasteiger partial charge < -0.3 is 5.32 Å². The smallest absolute Gasteiger partial charge is 0.262 e. The summed E-state index contributed by atoms with van der Waals surface area (Å²) in [4.78, 5) is 30.6. The first-order valence-corrected chi connectivity index (χ1v) is 9.12. The summed E-state index contributed by atoms with van der Waals surface area (Å²) in [5, 5.41) is 4.15. The number of amides is 1. The van der Waals surface area contributed by atoms with Crippen molar-refractivity contribution in [2.24, 2.45) is 7.05 Å². The van der Waals surface area contributed by atoms with Crippen LogP contribution in [0.4, 0.5) is 0 Å². The predicted octanol–water partition coefficient (Wildman–Crippen LogP) is 2.62. The van der Waals surface area contributed by atoms with E-state index in [0.29, 0.717) is 17.1 Å². The average Bonchev–Trinajstić information content (AvgIpc) is 2.76. The van der Waals surface area contributed by atoms with E-state index in [2.05, 4.69) is 17.2 Å². The number of carbonyl (C=O) groups is 1.